The summed E-state index contributed by atoms with van der Waals surface area (Å²) in [5, 5.41) is 50.3. The third kappa shape index (κ3) is 35.6. The molecular weight excluding hydrogens is 884 g/mol. The second kappa shape index (κ2) is 44.5. The Bertz CT molecular complexity index is 1440. The summed E-state index contributed by atoms with van der Waals surface area (Å²) >= 11 is 0. The van der Waals surface area contributed by atoms with Crippen LogP contribution in [0.4, 0.5) is 0 Å². The lowest BCUT2D eigenvalue weighted by atomic mass is 9.85. The smallest absolute Gasteiger partial charge is 0.457 e. The summed E-state index contributed by atoms with van der Waals surface area (Å²) < 4.78 is 34.3. The Morgan fingerprint density at radius 1 is 0.485 bits per heavy atom. The zero-order valence-corrected chi connectivity index (χ0v) is 43.0. The number of carbonyl (C=O) groups is 1. The zero-order valence-electron chi connectivity index (χ0n) is 42.1. The van der Waals surface area contributed by atoms with Crippen LogP contribution in [0.2, 0.25) is 0 Å². The normalized spacial score (nSPS) is 21.8. The van der Waals surface area contributed by atoms with Crippen LogP contribution in [0.15, 0.2) is 85.1 Å². The van der Waals surface area contributed by atoms with E-state index in [1.165, 1.54) is 57.8 Å². The van der Waals surface area contributed by atoms with Gasteiger partial charge in [0.05, 0.1) is 13.2 Å². The average molecular weight is 979 g/mol. The van der Waals surface area contributed by atoms with Gasteiger partial charge in [-0.15, -0.1) is 0 Å². The lowest BCUT2D eigenvalue weighted by Crippen LogP contribution is -2.64. The number of phosphoric ester groups is 1. The number of aliphatic hydroxyl groups excluding tert-OH is 5. The van der Waals surface area contributed by atoms with E-state index in [0.717, 1.165) is 109 Å². The molecule has 6 N–H and O–H groups in total. The second-order valence-corrected chi connectivity index (χ2v) is 19.4. The molecule has 0 spiro atoms. The fourth-order valence-electron chi connectivity index (χ4n) is 7.59. The second-order valence-electron chi connectivity index (χ2n) is 18.0. The van der Waals surface area contributed by atoms with Gasteiger partial charge in [-0.1, -0.05) is 182 Å². The molecule has 1 rings (SSSR count). The van der Waals surface area contributed by atoms with E-state index in [2.05, 4.69) is 98.9 Å². The molecule has 0 amide bonds. The van der Waals surface area contributed by atoms with Crippen molar-refractivity contribution >= 4 is 13.8 Å². The molecule has 1 aliphatic rings. The third-order valence-corrected chi connectivity index (χ3v) is 12.7. The lowest BCUT2D eigenvalue weighted by molar-refractivity contribution is -0.220. The van der Waals surface area contributed by atoms with Gasteiger partial charge in [0.2, 0.25) is 0 Å². The summed E-state index contributed by atoms with van der Waals surface area (Å²) in [5.41, 5.74) is 0. The van der Waals surface area contributed by atoms with Crippen LogP contribution >= 0.6 is 7.82 Å². The minimum atomic E-state index is -5.04. The average Bonchev–Trinajstić information content (AvgIpc) is 3.32. The molecule has 1 aliphatic carbocycles. The number of hydrogen-bond acceptors (Lipinski definition) is 11. The number of phosphoric acid groups is 1. The summed E-state index contributed by atoms with van der Waals surface area (Å²) in [7, 11) is -5.04. The lowest BCUT2D eigenvalue weighted by Gasteiger charge is -2.41. The van der Waals surface area contributed by atoms with Gasteiger partial charge in [-0.25, -0.2) is 4.57 Å². The third-order valence-electron chi connectivity index (χ3n) is 11.8. The van der Waals surface area contributed by atoms with Gasteiger partial charge in [0.1, 0.15) is 42.7 Å². The van der Waals surface area contributed by atoms with Gasteiger partial charge in [-0.3, -0.25) is 13.8 Å². The predicted molar refractivity (Wildman–Crippen MR) is 276 cm³/mol. The molecule has 68 heavy (non-hydrogen) atoms. The van der Waals surface area contributed by atoms with Crippen molar-refractivity contribution in [2.45, 2.75) is 236 Å². The first-order chi connectivity index (χ1) is 33.0. The minimum absolute atomic E-state index is 0.0973. The van der Waals surface area contributed by atoms with Gasteiger partial charge in [-0.2, -0.15) is 0 Å². The molecule has 0 aliphatic heterocycles. The quantitative estimate of drug-likeness (QED) is 0.0147. The van der Waals surface area contributed by atoms with E-state index in [1.54, 1.807) is 0 Å². The number of aliphatic hydroxyl groups is 5. The molecule has 13 heteroatoms. The van der Waals surface area contributed by atoms with E-state index in [0.29, 0.717) is 13.0 Å². The van der Waals surface area contributed by atoms with Gasteiger partial charge >= 0.3 is 13.8 Å². The van der Waals surface area contributed by atoms with Crippen LogP contribution in [0, 0.1) is 0 Å². The minimum Gasteiger partial charge on any atom is -0.457 e. The van der Waals surface area contributed by atoms with Crippen LogP contribution in [0.25, 0.3) is 0 Å². The molecular formula is C55H95O12P. The molecule has 0 radical (unpaired) electrons. The van der Waals surface area contributed by atoms with Gasteiger partial charge in [-0.05, 0) is 89.9 Å². The molecule has 0 aromatic heterocycles. The molecule has 12 nitrogen and oxygen atoms in total. The Morgan fingerprint density at radius 2 is 0.868 bits per heavy atom. The largest absolute Gasteiger partial charge is 0.472 e. The molecule has 0 bridgehead atoms. The summed E-state index contributed by atoms with van der Waals surface area (Å²) in [6.07, 6.45) is 47.8. The van der Waals surface area contributed by atoms with Crippen LogP contribution in [0.5, 0.6) is 0 Å². The van der Waals surface area contributed by atoms with Crippen molar-refractivity contribution in [2.24, 2.45) is 0 Å². The van der Waals surface area contributed by atoms with Crippen LogP contribution in [-0.4, -0.2) is 98.9 Å². The molecule has 6 atom stereocenters. The van der Waals surface area contributed by atoms with E-state index in [-0.39, 0.29) is 13.0 Å². The summed E-state index contributed by atoms with van der Waals surface area (Å²) in [4.78, 5) is 23.3. The maximum absolute atomic E-state index is 12.9. The monoisotopic (exact) mass is 979 g/mol. The highest BCUT2D eigenvalue weighted by atomic mass is 31.2. The number of hydrogen-bond donors (Lipinski definition) is 6. The number of esters is 1. The molecule has 1 saturated carbocycles. The zero-order chi connectivity index (χ0) is 49.8. The van der Waals surface area contributed by atoms with Gasteiger partial charge in [0, 0.05) is 13.0 Å². The van der Waals surface area contributed by atoms with E-state index < -0.39 is 63.1 Å². The molecule has 0 saturated heterocycles. The van der Waals surface area contributed by atoms with Crippen LogP contribution < -0.4 is 0 Å². The van der Waals surface area contributed by atoms with Crippen molar-refractivity contribution in [3.05, 3.63) is 85.1 Å². The Labute approximate surface area is 412 Å². The molecule has 0 aromatic rings. The van der Waals surface area contributed by atoms with Crippen molar-refractivity contribution in [1.82, 2.24) is 0 Å². The van der Waals surface area contributed by atoms with E-state index >= 15 is 0 Å². The molecule has 6 unspecified atom stereocenters. The van der Waals surface area contributed by atoms with Crippen molar-refractivity contribution in [1.29, 1.82) is 0 Å². The standard InChI is InChI=1S/C55H95O12P/c1-3-5-7-9-11-13-15-17-19-21-23-24-25-26-27-28-30-32-34-36-38-40-42-44-49(56)66-48(47-65-68(62,63)67-55-53(60)51(58)50(57)52(59)54(55)61)46-64-45-43-41-39-37-35-33-31-29-22-20-18-16-14-12-10-8-6-4-2/h6,8,12,14-15,17-18,20-21,23,25-26,29,31,48,50-55,57-61H,3-5,7,9-11,13,16,19,22,24,27-28,30,32-47H2,1-2H3,(H,62,63)/b8-6-,14-12-,17-15-,20-18-,23-21-,26-25-,31-29-. The van der Waals surface area contributed by atoms with Crippen molar-refractivity contribution in [3.63, 3.8) is 0 Å². The number of unbranched alkanes of at least 4 members (excludes halogenated alkanes) is 18. The molecule has 0 aromatic carbocycles. The number of allylic oxidation sites excluding steroid dienone is 14. The van der Waals surface area contributed by atoms with Gasteiger partial charge in [0.25, 0.3) is 0 Å². The first-order valence-electron chi connectivity index (χ1n) is 26.4. The molecule has 0 heterocycles. The predicted octanol–water partition coefficient (Wildman–Crippen LogP) is 12.1. The van der Waals surface area contributed by atoms with Crippen molar-refractivity contribution in [2.75, 3.05) is 19.8 Å². The summed E-state index contributed by atoms with van der Waals surface area (Å²) in [6, 6.07) is 0. The highest BCUT2D eigenvalue weighted by molar-refractivity contribution is 7.47. The summed E-state index contributed by atoms with van der Waals surface area (Å²) in [5.74, 6) is -0.494. The molecule has 392 valence electrons. The van der Waals surface area contributed by atoms with Crippen LogP contribution in [-0.2, 0) is 27.9 Å². The topological polar surface area (TPSA) is 192 Å². The maximum Gasteiger partial charge on any atom is 0.472 e. The Balaban J connectivity index is 2.36. The van der Waals surface area contributed by atoms with E-state index in [9.17, 15) is 39.8 Å². The highest BCUT2D eigenvalue weighted by Gasteiger charge is 2.51. The fourth-order valence-corrected chi connectivity index (χ4v) is 8.56. The first kappa shape index (κ1) is 63.5. The number of carbonyl (C=O) groups excluding carboxylic acids is 1. The highest BCUT2D eigenvalue weighted by Crippen LogP contribution is 2.47. The SMILES string of the molecule is CC/C=C\C/C=C\C/C=C\C/C=C\CCCCCCCOCC(COP(=O)(O)OC1C(O)C(O)C(O)C(O)C1O)OC(=O)CCCCCCCCCC/C=C\C/C=C\C/C=C\CCCCCCC. The first-order valence-corrected chi connectivity index (χ1v) is 27.9. The van der Waals surface area contributed by atoms with Gasteiger partial charge < -0.3 is 39.9 Å². The van der Waals surface area contributed by atoms with Gasteiger partial charge in [0.15, 0.2) is 0 Å². The maximum atomic E-state index is 12.9. The van der Waals surface area contributed by atoms with E-state index in [4.69, 9.17) is 18.5 Å². The fraction of sp³-hybridized carbons (Fsp3) is 0.727. The van der Waals surface area contributed by atoms with Crippen molar-refractivity contribution in [3.8, 4) is 0 Å². The summed E-state index contributed by atoms with van der Waals surface area (Å²) in [6.45, 7) is 4.09. The Morgan fingerprint density at radius 3 is 1.32 bits per heavy atom. The van der Waals surface area contributed by atoms with Crippen LogP contribution in [0.3, 0.4) is 0 Å². The van der Waals surface area contributed by atoms with Crippen LogP contribution in [0.1, 0.15) is 194 Å². The van der Waals surface area contributed by atoms with E-state index in [1.807, 2.05) is 0 Å². The Hall–Kier alpha value is -2.48. The molecule has 1 fully saturated rings. The van der Waals surface area contributed by atoms with Crippen molar-refractivity contribution < 1.29 is 58.3 Å². The number of rotatable bonds is 44. The number of ether oxygens (including phenoxy) is 2. The Kier molecular flexibility index (Phi) is 41.5.